The third kappa shape index (κ3) is 10.7. The van der Waals surface area contributed by atoms with Crippen LogP contribution in [0.5, 0.6) is 0 Å². The number of rotatable bonds is 9. The molecule has 173 valence electrons. The van der Waals surface area contributed by atoms with Gasteiger partial charge in [0.1, 0.15) is 16.7 Å². The Hall–Kier alpha value is -0.682. The average Bonchev–Trinajstić information content (AvgIpc) is 2.67. The quantitative estimate of drug-likeness (QED) is 0.229. The van der Waals surface area contributed by atoms with Gasteiger partial charge in [-0.2, -0.15) is 0 Å². The van der Waals surface area contributed by atoms with Crippen LogP contribution in [0.4, 0.5) is 0 Å². The van der Waals surface area contributed by atoms with Gasteiger partial charge < -0.3 is 20.3 Å². The van der Waals surface area contributed by atoms with Crippen molar-refractivity contribution in [3.63, 3.8) is 0 Å². The summed E-state index contributed by atoms with van der Waals surface area (Å²) in [7, 11) is 9.87. The van der Waals surface area contributed by atoms with Crippen LogP contribution in [0.15, 0.2) is 40.5 Å². The second-order valence-electron chi connectivity index (χ2n) is 6.27. The molecule has 0 atom stereocenters. The standard InChI is InChI=1S/C19H24N4O4.2ClH.Cu.Sn/c1-12(22-7-3-5-20)9-16(23-8-4-6-21)14-11-15-17(27-18(14)24)10-13(2)26-19(15)25;;;;/h10-11,20-21H,3-9H2,1-2H3;2*1H;;/q-2;;;2*+2/p-2. The Morgan fingerprint density at radius 1 is 1.03 bits per heavy atom. The Morgan fingerprint density at radius 3 is 2.19 bits per heavy atom. The minimum Gasteiger partial charge on any atom is 2.00 e. The summed E-state index contributed by atoms with van der Waals surface area (Å²) in [6.07, 6.45) is 1.57. The molecule has 2 N–H and O–H groups in total. The zero-order valence-electron chi connectivity index (χ0n) is 17.2. The van der Waals surface area contributed by atoms with Crippen LogP contribution in [-0.2, 0) is 17.1 Å². The average molecular weight is 626 g/mol. The van der Waals surface area contributed by atoms with Crippen molar-refractivity contribution in [2.75, 3.05) is 26.2 Å². The zero-order valence-corrected chi connectivity index (χ0v) is 22.5. The molecule has 0 fully saturated rings. The molecule has 0 bridgehead atoms. The summed E-state index contributed by atoms with van der Waals surface area (Å²) in [6.45, 7) is 4.94. The molecule has 0 aliphatic heterocycles. The number of halogens is 2. The van der Waals surface area contributed by atoms with E-state index in [-0.39, 0.29) is 40.1 Å². The van der Waals surface area contributed by atoms with E-state index < -0.39 is 30.1 Å². The van der Waals surface area contributed by atoms with Gasteiger partial charge in [0.15, 0.2) is 0 Å². The Kier molecular flexibility index (Phi) is 16.5. The SMILES string of the molecule is CC(CC(=NCCC[NH-])c1cc2c(=O)oc(C)cc2oc1=O)=NCCC[NH-].[Cl][Sn][Cl].[Cu+2]. The van der Waals surface area contributed by atoms with Crippen molar-refractivity contribution in [2.24, 2.45) is 9.98 Å². The maximum absolute atomic E-state index is 12.5. The fraction of sp³-hybridized carbons (Fsp3) is 0.474. The van der Waals surface area contributed by atoms with E-state index in [0.717, 1.165) is 5.71 Å². The van der Waals surface area contributed by atoms with Crippen LogP contribution in [0.1, 0.15) is 37.5 Å². The van der Waals surface area contributed by atoms with Crippen molar-refractivity contribution in [1.82, 2.24) is 0 Å². The summed E-state index contributed by atoms with van der Waals surface area (Å²) >= 11 is -0.826. The van der Waals surface area contributed by atoms with E-state index in [2.05, 4.69) is 9.98 Å². The molecule has 0 saturated carbocycles. The summed E-state index contributed by atoms with van der Waals surface area (Å²) in [4.78, 5) is 33.4. The topological polar surface area (TPSA) is 133 Å². The fourth-order valence-electron chi connectivity index (χ4n) is 2.54. The first-order chi connectivity index (χ1) is 14.4. The van der Waals surface area contributed by atoms with Crippen molar-refractivity contribution in [1.29, 1.82) is 0 Å². The second kappa shape index (κ2) is 16.9. The van der Waals surface area contributed by atoms with Crippen LogP contribution in [0, 0.1) is 6.92 Å². The monoisotopic (exact) mass is 625 g/mol. The van der Waals surface area contributed by atoms with Gasteiger partial charge in [-0.15, -0.1) is 13.1 Å². The molecule has 2 rings (SSSR count). The van der Waals surface area contributed by atoms with Gasteiger partial charge >= 0.3 is 65.1 Å². The summed E-state index contributed by atoms with van der Waals surface area (Å²) in [6, 6.07) is 2.97. The third-order valence-corrected chi connectivity index (χ3v) is 3.87. The first kappa shape index (κ1) is 30.3. The molecule has 0 unspecified atom stereocenters. The Balaban J connectivity index is 0.00000212. The molecule has 2 heterocycles. The van der Waals surface area contributed by atoms with E-state index in [1.165, 1.54) is 12.1 Å². The molecular weight excluding hydrogens is 601 g/mol. The number of fused-ring (bicyclic) bond motifs is 1. The first-order valence-corrected chi connectivity index (χ1v) is 16.5. The molecule has 0 aromatic carbocycles. The van der Waals surface area contributed by atoms with E-state index in [1.807, 2.05) is 6.92 Å². The van der Waals surface area contributed by atoms with Crippen LogP contribution >= 0.6 is 17.8 Å². The number of hydrogen-bond acceptors (Lipinski definition) is 6. The molecule has 3 radical (unpaired) electrons. The Morgan fingerprint density at radius 2 is 1.61 bits per heavy atom. The molecule has 12 heteroatoms. The van der Waals surface area contributed by atoms with Crippen LogP contribution in [-0.4, -0.2) is 56.5 Å². The normalized spacial score (nSPS) is 11.7. The molecule has 0 spiro atoms. The van der Waals surface area contributed by atoms with E-state index in [0.29, 0.717) is 50.4 Å². The van der Waals surface area contributed by atoms with Crippen molar-refractivity contribution in [2.45, 2.75) is 33.1 Å². The molecule has 2 aromatic rings. The van der Waals surface area contributed by atoms with Gasteiger partial charge in [0.05, 0.1) is 11.3 Å². The van der Waals surface area contributed by atoms with Gasteiger partial charge in [0.25, 0.3) is 0 Å². The predicted molar refractivity (Wildman–Crippen MR) is 125 cm³/mol. The molecule has 0 aliphatic rings. The molecule has 0 saturated heterocycles. The third-order valence-electron chi connectivity index (χ3n) is 3.87. The van der Waals surface area contributed by atoms with Crippen molar-refractivity contribution < 1.29 is 25.9 Å². The molecule has 31 heavy (non-hydrogen) atoms. The maximum Gasteiger partial charge on any atom is 2.00 e. The fourth-order valence-corrected chi connectivity index (χ4v) is 2.54. The zero-order chi connectivity index (χ0) is 22.5. The van der Waals surface area contributed by atoms with Crippen LogP contribution < -0.4 is 11.3 Å². The van der Waals surface area contributed by atoms with Crippen LogP contribution in [0.2, 0.25) is 0 Å². The summed E-state index contributed by atoms with van der Waals surface area (Å²) in [5, 5.41) is 0.187. The number of aryl methyl sites for hydroxylation is 1. The van der Waals surface area contributed by atoms with Gasteiger partial charge in [0.2, 0.25) is 0 Å². The Bertz CT molecular complexity index is 995. The van der Waals surface area contributed by atoms with Crippen molar-refractivity contribution in [3.05, 3.63) is 55.8 Å². The molecule has 0 aliphatic carbocycles. The second-order valence-corrected chi connectivity index (χ2v) is 10.5. The van der Waals surface area contributed by atoms with Gasteiger partial charge in [-0.1, -0.05) is 12.8 Å². The first-order valence-electron chi connectivity index (χ1n) is 9.25. The van der Waals surface area contributed by atoms with Gasteiger partial charge in [-0.3, -0.25) is 9.98 Å². The van der Waals surface area contributed by atoms with E-state index in [4.69, 9.17) is 38.1 Å². The summed E-state index contributed by atoms with van der Waals surface area (Å²) < 4.78 is 10.4. The maximum atomic E-state index is 12.5. The van der Waals surface area contributed by atoms with E-state index in [1.54, 1.807) is 6.92 Å². The predicted octanol–water partition coefficient (Wildman–Crippen LogP) is 4.58. The van der Waals surface area contributed by atoms with Gasteiger partial charge in [0, 0.05) is 31.3 Å². The molecule has 2 aromatic heterocycles. The van der Waals surface area contributed by atoms with Crippen molar-refractivity contribution in [3.8, 4) is 0 Å². The number of nitrogens with one attached hydrogen (secondary N) is 2. The van der Waals surface area contributed by atoms with Crippen molar-refractivity contribution >= 4 is 59.1 Å². The Labute approximate surface area is 209 Å². The van der Waals surface area contributed by atoms with Gasteiger partial charge in [-0.25, -0.2) is 9.59 Å². The van der Waals surface area contributed by atoms with Crippen LogP contribution in [0.3, 0.4) is 0 Å². The largest absolute Gasteiger partial charge is 2.00 e. The van der Waals surface area contributed by atoms with E-state index in [9.17, 15) is 9.59 Å². The minimum atomic E-state index is -0.826. The summed E-state index contributed by atoms with van der Waals surface area (Å²) in [5.74, 6) is 0.366. The number of hydrogen-bond donors (Lipinski definition) is 0. The molecule has 0 amide bonds. The van der Waals surface area contributed by atoms with Crippen LogP contribution in [0.25, 0.3) is 22.4 Å². The molecule has 8 nitrogen and oxygen atoms in total. The minimum absolute atomic E-state index is 0. The van der Waals surface area contributed by atoms with Gasteiger partial charge in [-0.05, 0) is 19.9 Å². The number of aliphatic imine (C=N–C) groups is 2. The summed E-state index contributed by atoms with van der Waals surface area (Å²) in [5.41, 5.74) is 14.9. The number of nitrogens with zero attached hydrogens (tertiary/aromatic N) is 2. The smallest absolute Gasteiger partial charge is 2.00 e. The van der Waals surface area contributed by atoms with E-state index >= 15 is 0 Å². The molecular formula is C19H24Cl2CuN4O4Sn.